The molecular weight excluding hydrogens is 432 g/mol. The zero-order valence-electron chi connectivity index (χ0n) is 17.3. The molecule has 1 aliphatic rings. The van der Waals surface area contributed by atoms with E-state index < -0.39 is 11.5 Å². The van der Waals surface area contributed by atoms with E-state index in [-0.39, 0.29) is 22.8 Å². The van der Waals surface area contributed by atoms with Crippen molar-refractivity contribution < 1.29 is 18.6 Å². The van der Waals surface area contributed by atoms with Gasteiger partial charge >= 0.3 is 5.63 Å². The van der Waals surface area contributed by atoms with Crippen LogP contribution < -0.4 is 25.6 Å². The zero-order chi connectivity index (χ0) is 22.8. The van der Waals surface area contributed by atoms with Crippen molar-refractivity contribution in [3.63, 3.8) is 0 Å². The molecule has 1 atom stereocenters. The van der Waals surface area contributed by atoms with Crippen molar-refractivity contribution in [3.8, 4) is 23.3 Å². The Kier molecular flexibility index (Phi) is 5.80. The lowest BCUT2D eigenvalue weighted by Gasteiger charge is -2.25. The Balaban J connectivity index is 1.73. The summed E-state index contributed by atoms with van der Waals surface area (Å²) in [5.74, 6) is 0.769. The second kappa shape index (κ2) is 8.69. The van der Waals surface area contributed by atoms with Crippen LogP contribution in [0.4, 0.5) is 0 Å². The molecule has 7 nitrogen and oxygen atoms in total. The van der Waals surface area contributed by atoms with Gasteiger partial charge in [-0.3, -0.25) is 0 Å². The third-order valence-electron chi connectivity index (χ3n) is 5.09. The number of nitrogens with zero attached hydrogens (tertiary/aromatic N) is 1. The highest BCUT2D eigenvalue weighted by molar-refractivity contribution is 6.30. The summed E-state index contributed by atoms with van der Waals surface area (Å²) in [7, 11) is 1.51. The first-order chi connectivity index (χ1) is 15.4. The number of aryl methyl sites for hydroxylation is 1. The Morgan fingerprint density at radius 3 is 2.59 bits per heavy atom. The van der Waals surface area contributed by atoms with E-state index in [2.05, 4.69) is 6.07 Å². The molecule has 1 aromatic heterocycles. The number of nitrogens with two attached hydrogens (primary N) is 1. The van der Waals surface area contributed by atoms with E-state index >= 15 is 0 Å². The molecule has 2 N–H and O–H groups in total. The number of rotatable bonds is 5. The zero-order valence-corrected chi connectivity index (χ0v) is 18.1. The number of fused-ring (bicyclic) bond motifs is 1. The molecule has 0 bridgehead atoms. The van der Waals surface area contributed by atoms with Crippen molar-refractivity contribution >= 4 is 11.6 Å². The highest BCUT2D eigenvalue weighted by Gasteiger charge is 2.34. The first-order valence-electron chi connectivity index (χ1n) is 9.68. The van der Waals surface area contributed by atoms with Gasteiger partial charge in [-0.05, 0) is 42.3 Å². The van der Waals surface area contributed by atoms with Gasteiger partial charge in [-0.1, -0.05) is 29.8 Å². The molecule has 0 amide bonds. The predicted molar refractivity (Wildman–Crippen MR) is 118 cm³/mol. The molecule has 0 saturated heterocycles. The molecule has 0 saturated carbocycles. The molecule has 162 valence electrons. The number of allylic oxidation sites excluding steroid dienone is 1. The van der Waals surface area contributed by atoms with Crippen molar-refractivity contribution in [1.82, 2.24) is 0 Å². The maximum atomic E-state index is 12.7. The van der Waals surface area contributed by atoms with Crippen LogP contribution in [0.15, 0.2) is 69.2 Å². The monoisotopic (exact) mass is 450 g/mol. The van der Waals surface area contributed by atoms with E-state index in [4.69, 9.17) is 36.0 Å². The predicted octanol–water partition coefficient (Wildman–Crippen LogP) is 4.41. The van der Waals surface area contributed by atoms with Crippen molar-refractivity contribution in [3.05, 3.63) is 97.9 Å². The SMILES string of the molecule is COc1cc(C2C(C#N)=C(N)Oc3cc(C)oc(=O)c32)ccc1OCc1ccc(Cl)cc1. The van der Waals surface area contributed by atoms with Crippen molar-refractivity contribution in [1.29, 1.82) is 5.26 Å². The maximum Gasteiger partial charge on any atom is 0.343 e. The number of ether oxygens (including phenoxy) is 3. The number of hydrogen-bond donors (Lipinski definition) is 1. The van der Waals surface area contributed by atoms with Gasteiger partial charge in [0, 0.05) is 11.1 Å². The molecule has 4 rings (SSSR count). The lowest BCUT2D eigenvalue weighted by atomic mass is 9.84. The Morgan fingerprint density at radius 2 is 1.91 bits per heavy atom. The third kappa shape index (κ3) is 4.01. The Labute approximate surface area is 189 Å². The summed E-state index contributed by atoms with van der Waals surface area (Å²) < 4.78 is 22.2. The molecule has 8 heteroatoms. The lowest BCUT2D eigenvalue weighted by Crippen LogP contribution is -2.26. The fourth-order valence-electron chi connectivity index (χ4n) is 3.58. The molecule has 0 spiro atoms. The highest BCUT2D eigenvalue weighted by Crippen LogP contribution is 2.42. The molecule has 0 fully saturated rings. The second-order valence-corrected chi connectivity index (χ2v) is 7.61. The molecule has 2 heterocycles. The summed E-state index contributed by atoms with van der Waals surface area (Å²) in [6, 6.07) is 16.1. The number of hydrogen-bond acceptors (Lipinski definition) is 7. The fourth-order valence-corrected chi connectivity index (χ4v) is 3.70. The van der Waals surface area contributed by atoms with Crippen molar-refractivity contribution in [2.45, 2.75) is 19.4 Å². The van der Waals surface area contributed by atoms with Crippen molar-refractivity contribution in [2.75, 3.05) is 7.11 Å². The molecule has 0 radical (unpaired) electrons. The molecule has 32 heavy (non-hydrogen) atoms. The van der Waals surface area contributed by atoms with Crippen LogP contribution in [0.2, 0.25) is 5.02 Å². The van der Waals surface area contributed by atoms with E-state index in [0.717, 1.165) is 5.56 Å². The number of halogens is 1. The smallest absolute Gasteiger partial charge is 0.343 e. The lowest BCUT2D eigenvalue weighted by molar-refractivity contribution is 0.284. The second-order valence-electron chi connectivity index (χ2n) is 7.17. The van der Waals surface area contributed by atoms with E-state index in [9.17, 15) is 10.1 Å². The largest absolute Gasteiger partial charge is 0.493 e. The summed E-state index contributed by atoms with van der Waals surface area (Å²) in [6.45, 7) is 1.95. The van der Waals surface area contributed by atoms with Gasteiger partial charge in [-0.2, -0.15) is 5.26 Å². The number of nitriles is 1. The van der Waals surface area contributed by atoms with E-state index in [1.54, 1.807) is 43.3 Å². The fraction of sp³-hybridized carbons (Fsp3) is 0.167. The van der Waals surface area contributed by atoms with Crippen LogP contribution in [0.1, 0.15) is 28.4 Å². The van der Waals surface area contributed by atoms with Gasteiger partial charge in [0.05, 0.1) is 18.6 Å². The third-order valence-corrected chi connectivity index (χ3v) is 5.34. The maximum absolute atomic E-state index is 12.7. The average molecular weight is 451 g/mol. The van der Waals surface area contributed by atoms with Gasteiger partial charge in [0.25, 0.3) is 0 Å². The summed E-state index contributed by atoms with van der Waals surface area (Å²) in [6.07, 6.45) is 0. The van der Waals surface area contributed by atoms with Gasteiger partial charge in [-0.25, -0.2) is 4.79 Å². The van der Waals surface area contributed by atoms with Crippen LogP contribution in [0, 0.1) is 18.3 Å². The summed E-state index contributed by atoms with van der Waals surface area (Å²) in [5, 5.41) is 10.4. The molecule has 1 aliphatic heterocycles. The molecular formula is C24H19ClN2O5. The standard InChI is InChI=1S/C24H19ClN2O5/c1-13-9-20-22(24(28)31-13)21(17(11-26)23(27)32-20)15-5-8-18(19(10-15)29-2)30-12-14-3-6-16(25)7-4-14/h3-10,21H,12,27H2,1-2H3. The molecule has 2 aromatic carbocycles. The summed E-state index contributed by atoms with van der Waals surface area (Å²) >= 11 is 5.92. The average Bonchev–Trinajstić information content (AvgIpc) is 2.77. The normalized spacial score (nSPS) is 14.9. The number of benzene rings is 2. The van der Waals surface area contributed by atoms with Crippen LogP contribution in [0.3, 0.4) is 0 Å². The van der Waals surface area contributed by atoms with Gasteiger partial charge in [-0.15, -0.1) is 0 Å². The Hall–Kier alpha value is -3.89. The van der Waals surface area contributed by atoms with Crippen LogP contribution in [-0.2, 0) is 6.61 Å². The van der Waals surface area contributed by atoms with Crippen LogP contribution in [0.5, 0.6) is 17.2 Å². The van der Waals surface area contributed by atoms with Gasteiger partial charge in [0.1, 0.15) is 29.8 Å². The van der Waals surface area contributed by atoms with E-state index in [1.165, 1.54) is 7.11 Å². The summed E-state index contributed by atoms with van der Waals surface area (Å²) in [5.41, 5.74) is 7.28. The Bertz CT molecular complexity index is 1310. The summed E-state index contributed by atoms with van der Waals surface area (Å²) in [4.78, 5) is 12.7. The minimum Gasteiger partial charge on any atom is -0.493 e. The van der Waals surface area contributed by atoms with E-state index in [0.29, 0.717) is 34.5 Å². The van der Waals surface area contributed by atoms with Crippen LogP contribution in [-0.4, -0.2) is 7.11 Å². The molecule has 3 aromatic rings. The molecule has 1 unspecified atom stereocenters. The van der Waals surface area contributed by atoms with Crippen LogP contribution in [0.25, 0.3) is 0 Å². The first-order valence-corrected chi connectivity index (χ1v) is 10.1. The minimum atomic E-state index is -0.764. The van der Waals surface area contributed by atoms with Crippen LogP contribution >= 0.6 is 11.6 Å². The minimum absolute atomic E-state index is 0.0583. The first kappa shape index (κ1) is 21.3. The quantitative estimate of drug-likeness (QED) is 0.613. The van der Waals surface area contributed by atoms with Crippen molar-refractivity contribution in [2.24, 2.45) is 5.73 Å². The Morgan fingerprint density at radius 1 is 1.16 bits per heavy atom. The van der Waals surface area contributed by atoms with E-state index in [1.807, 2.05) is 12.1 Å². The van der Waals surface area contributed by atoms with Gasteiger partial charge < -0.3 is 24.4 Å². The number of methoxy groups -OCH3 is 1. The van der Waals surface area contributed by atoms with Gasteiger partial charge in [0.2, 0.25) is 5.88 Å². The molecule has 0 aliphatic carbocycles. The van der Waals surface area contributed by atoms with Gasteiger partial charge in [0.15, 0.2) is 11.5 Å². The highest BCUT2D eigenvalue weighted by atomic mass is 35.5. The topological polar surface area (TPSA) is 108 Å².